The molecule has 3 aromatic rings. The van der Waals surface area contributed by atoms with E-state index in [0.717, 1.165) is 16.9 Å². The van der Waals surface area contributed by atoms with Crippen molar-refractivity contribution in [3.05, 3.63) is 66.0 Å². The van der Waals surface area contributed by atoms with Crippen LogP contribution in [0.15, 0.2) is 54.6 Å². The first-order valence-electron chi connectivity index (χ1n) is 10.4. The van der Waals surface area contributed by atoms with Gasteiger partial charge in [-0.3, -0.25) is 9.59 Å². The predicted octanol–water partition coefficient (Wildman–Crippen LogP) is 3.03. The van der Waals surface area contributed by atoms with Crippen LogP contribution >= 0.6 is 0 Å². The Morgan fingerprint density at radius 3 is 2.61 bits per heavy atom. The maximum Gasteiger partial charge on any atom is 0.262 e. The third-order valence-corrected chi connectivity index (χ3v) is 5.67. The number of nitrogens with one attached hydrogen (secondary N) is 3. The zero-order valence-electron chi connectivity index (χ0n) is 17.0. The van der Waals surface area contributed by atoms with Crippen LogP contribution in [0.2, 0.25) is 0 Å². The number of nitrogens with zero attached hydrogens (tertiary/aromatic N) is 1. The van der Waals surface area contributed by atoms with Gasteiger partial charge in [-0.25, -0.2) is 18.7 Å². The highest BCUT2D eigenvalue weighted by Gasteiger charge is 2.36. The summed E-state index contributed by atoms with van der Waals surface area (Å²) < 4.78 is 27.2. The smallest absolute Gasteiger partial charge is 0.262 e. The number of para-hydroxylation sites is 2. The number of carbonyl (C=O) groups is 2. The molecular formula is C23H25F2N4O2+. The number of alkyl halides is 2. The van der Waals surface area contributed by atoms with Crippen LogP contribution in [0.25, 0.3) is 11.0 Å². The van der Waals surface area contributed by atoms with E-state index in [1.165, 1.54) is 4.90 Å². The summed E-state index contributed by atoms with van der Waals surface area (Å²) in [5.41, 5.74) is 2.26. The number of carbonyl (C=O) groups excluding carboxylic acids is 2. The molecule has 162 valence electrons. The molecular weight excluding hydrogens is 402 g/mol. The van der Waals surface area contributed by atoms with Crippen LogP contribution in [0.5, 0.6) is 0 Å². The second kappa shape index (κ2) is 9.24. The Bertz CT molecular complexity index is 1020. The standard InChI is InChI=1S/C23H24F2N4O2/c24-22(25)21(15-7-2-1-3-8-15)28-23(31)18-11-6-14-29(18)20(30)13-12-19-26-16-9-4-5-10-17(16)27-19/h1-5,7-10,18,21-22H,6,11-14H2,(H,26,27)(H,28,31)/p+1/t18-,21?/m0/s1. The van der Waals surface area contributed by atoms with Gasteiger partial charge in [0.05, 0.1) is 6.42 Å². The molecule has 0 spiro atoms. The van der Waals surface area contributed by atoms with Gasteiger partial charge in [0.25, 0.3) is 12.2 Å². The first kappa shape index (κ1) is 21.0. The van der Waals surface area contributed by atoms with Crippen LogP contribution in [0.1, 0.15) is 36.7 Å². The SMILES string of the molecule is O=C(NC(c1ccccc1)C(F)F)[C@@H]1CCCN1C(=O)CCc1[nH]c2ccccc2[nH+]1. The molecule has 0 aliphatic carbocycles. The van der Waals surface area contributed by atoms with Crippen LogP contribution in [0, 0.1) is 0 Å². The van der Waals surface area contributed by atoms with E-state index < -0.39 is 24.4 Å². The van der Waals surface area contributed by atoms with E-state index in [9.17, 15) is 18.4 Å². The minimum atomic E-state index is -2.74. The molecule has 2 aromatic carbocycles. The highest BCUT2D eigenvalue weighted by atomic mass is 19.3. The van der Waals surface area contributed by atoms with Crippen LogP contribution in [-0.4, -0.2) is 40.7 Å². The van der Waals surface area contributed by atoms with Gasteiger partial charge in [0, 0.05) is 13.0 Å². The highest BCUT2D eigenvalue weighted by molar-refractivity contribution is 5.88. The topological polar surface area (TPSA) is 79.3 Å². The number of imidazole rings is 1. The number of likely N-dealkylation sites (tertiary alicyclic amines) is 1. The van der Waals surface area contributed by atoms with Gasteiger partial charge >= 0.3 is 0 Å². The monoisotopic (exact) mass is 427 g/mol. The number of halogens is 2. The Morgan fingerprint density at radius 1 is 1.13 bits per heavy atom. The zero-order valence-corrected chi connectivity index (χ0v) is 17.0. The summed E-state index contributed by atoms with van der Waals surface area (Å²) in [5, 5.41) is 2.46. The number of amides is 2. The lowest BCUT2D eigenvalue weighted by Crippen LogP contribution is -2.48. The van der Waals surface area contributed by atoms with E-state index in [2.05, 4.69) is 15.3 Å². The van der Waals surface area contributed by atoms with Gasteiger partial charge < -0.3 is 10.2 Å². The normalized spacial score (nSPS) is 17.3. The Labute approximate surface area is 178 Å². The number of benzene rings is 2. The molecule has 4 rings (SSSR count). The molecule has 3 N–H and O–H groups in total. The molecule has 0 saturated carbocycles. The van der Waals surface area contributed by atoms with Crippen molar-refractivity contribution in [3.8, 4) is 0 Å². The van der Waals surface area contributed by atoms with Crippen molar-refractivity contribution in [2.75, 3.05) is 6.54 Å². The molecule has 1 saturated heterocycles. The Kier molecular flexibility index (Phi) is 6.25. The van der Waals surface area contributed by atoms with Gasteiger partial charge in [0.2, 0.25) is 11.8 Å². The molecule has 0 radical (unpaired) electrons. The van der Waals surface area contributed by atoms with Crippen molar-refractivity contribution >= 4 is 22.8 Å². The third-order valence-electron chi connectivity index (χ3n) is 5.67. The quantitative estimate of drug-likeness (QED) is 0.608. The maximum absolute atomic E-state index is 13.6. The minimum Gasteiger partial charge on any atom is -0.342 e. The van der Waals surface area contributed by atoms with Crippen LogP contribution in [0.4, 0.5) is 8.78 Å². The fourth-order valence-electron chi connectivity index (χ4n) is 4.10. The Hall–Kier alpha value is -3.29. The summed E-state index contributed by atoms with van der Waals surface area (Å²) in [4.78, 5) is 33.6. The van der Waals surface area contributed by atoms with Crippen molar-refractivity contribution in [1.29, 1.82) is 0 Å². The Balaban J connectivity index is 1.39. The van der Waals surface area contributed by atoms with E-state index >= 15 is 0 Å². The van der Waals surface area contributed by atoms with Gasteiger partial charge in [-0.15, -0.1) is 0 Å². The molecule has 1 aromatic heterocycles. The van der Waals surface area contributed by atoms with Gasteiger partial charge in [0.1, 0.15) is 12.1 Å². The molecule has 2 heterocycles. The number of H-pyrrole nitrogens is 2. The number of rotatable bonds is 7. The van der Waals surface area contributed by atoms with Crippen molar-refractivity contribution in [2.45, 2.75) is 44.2 Å². The van der Waals surface area contributed by atoms with Crippen molar-refractivity contribution < 1.29 is 23.4 Å². The van der Waals surface area contributed by atoms with E-state index in [-0.39, 0.29) is 12.3 Å². The number of aromatic amines is 2. The van der Waals surface area contributed by atoms with Crippen LogP contribution in [0.3, 0.4) is 0 Å². The predicted molar refractivity (Wildman–Crippen MR) is 111 cm³/mol. The summed E-state index contributed by atoms with van der Waals surface area (Å²) in [6.07, 6.45) is -0.894. The molecule has 2 amide bonds. The number of aryl methyl sites for hydroxylation is 1. The van der Waals surface area contributed by atoms with Crippen molar-refractivity contribution in [3.63, 3.8) is 0 Å². The summed E-state index contributed by atoms with van der Waals surface area (Å²) in [6, 6.07) is 13.8. The van der Waals surface area contributed by atoms with E-state index in [4.69, 9.17) is 0 Å². The number of hydrogen-bond acceptors (Lipinski definition) is 2. The lowest BCUT2D eigenvalue weighted by Gasteiger charge is -2.26. The zero-order chi connectivity index (χ0) is 21.8. The molecule has 31 heavy (non-hydrogen) atoms. The molecule has 6 nitrogen and oxygen atoms in total. The lowest BCUT2D eigenvalue weighted by atomic mass is 10.1. The van der Waals surface area contributed by atoms with Crippen molar-refractivity contribution in [2.24, 2.45) is 0 Å². The average Bonchev–Trinajstić information content (AvgIpc) is 3.43. The molecule has 8 heteroatoms. The first-order valence-corrected chi connectivity index (χ1v) is 10.4. The average molecular weight is 427 g/mol. The summed E-state index contributed by atoms with van der Waals surface area (Å²) >= 11 is 0. The maximum atomic E-state index is 13.6. The molecule has 2 atom stereocenters. The fourth-order valence-corrected chi connectivity index (χ4v) is 4.10. The fraction of sp³-hybridized carbons (Fsp3) is 0.348. The molecule has 0 bridgehead atoms. The van der Waals surface area contributed by atoms with Crippen molar-refractivity contribution in [1.82, 2.24) is 15.2 Å². The van der Waals surface area contributed by atoms with E-state index in [0.29, 0.717) is 31.4 Å². The number of fused-ring (bicyclic) bond motifs is 1. The van der Waals surface area contributed by atoms with Gasteiger partial charge in [-0.2, -0.15) is 0 Å². The highest BCUT2D eigenvalue weighted by Crippen LogP contribution is 2.24. The van der Waals surface area contributed by atoms with Gasteiger partial charge in [0.15, 0.2) is 11.0 Å². The lowest BCUT2D eigenvalue weighted by molar-refractivity contribution is -0.357. The van der Waals surface area contributed by atoms with E-state index in [1.54, 1.807) is 30.3 Å². The Morgan fingerprint density at radius 2 is 1.87 bits per heavy atom. The number of hydrogen-bond donors (Lipinski definition) is 2. The van der Waals surface area contributed by atoms with E-state index in [1.807, 2.05) is 24.3 Å². The van der Waals surface area contributed by atoms with Gasteiger partial charge in [-0.1, -0.05) is 42.5 Å². The summed E-state index contributed by atoms with van der Waals surface area (Å²) in [6.45, 7) is 0.456. The first-order chi connectivity index (χ1) is 15.0. The summed E-state index contributed by atoms with van der Waals surface area (Å²) in [7, 11) is 0. The molecule has 1 aliphatic heterocycles. The molecule has 1 aliphatic rings. The van der Waals surface area contributed by atoms with Crippen LogP contribution in [-0.2, 0) is 16.0 Å². The largest absolute Gasteiger partial charge is 0.342 e. The number of aromatic nitrogens is 2. The van der Waals surface area contributed by atoms with Gasteiger partial charge in [-0.05, 0) is 30.5 Å². The second-order valence-corrected chi connectivity index (χ2v) is 7.75. The molecule has 1 unspecified atom stereocenters. The minimum absolute atomic E-state index is 0.155. The van der Waals surface area contributed by atoms with Crippen LogP contribution < -0.4 is 10.3 Å². The third kappa shape index (κ3) is 4.73. The second-order valence-electron chi connectivity index (χ2n) is 7.75. The molecule has 1 fully saturated rings. The summed E-state index contributed by atoms with van der Waals surface area (Å²) in [5.74, 6) is 0.145.